The third kappa shape index (κ3) is 6.21. The lowest BCUT2D eigenvalue weighted by atomic mass is 10.1. The highest BCUT2D eigenvalue weighted by molar-refractivity contribution is 5.95. The molecule has 0 radical (unpaired) electrons. The molecule has 0 aliphatic carbocycles. The summed E-state index contributed by atoms with van der Waals surface area (Å²) in [5.41, 5.74) is -6.48. The average Bonchev–Trinajstić information content (AvgIpc) is 2.59. The highest BCUT2D eigenvalue weighted by atomic mass is 19.4. The molecule has 0 aliphatic heterocycles. The van der Waals surface area contributed by atoms with Crippen molar-refractivity contribution in [3.05, 3.63) is 59.2 Å². The molecule has 0 aliphatic rings. The molecular weight excluding hydrogens is 459 g/mol. The number of benzene rings is 2. The lowest BCUT2D eigenvalue weighted by Gasteiger charge is -2.19. The Bertz CT molecular complexity index is 930. The van der Waals surface area contributed by atoms with Crippen LogP contribution in [0.15, 0.2) is 42.5 Å². The normalized spacial score (nSPS) is 13.1. The molecule has 0 unspecified atom stereocenters. The fraction of sp³-hybridized carbons (Fsp3) is 0.235. The maximum absolute atomic E-state index is 13.9. The van der Waals surface area contributed by atoms with Gasteiger partial charge in [0.2, 0.25) is 0 Å². The summed E-state index contributed by atoms with van der Waals surface area (Å²) in [5.74, 6) is -3.65. The Kier molecular flexibility index (Phi) is 6.16. The van der Waals surface area contributed by atoms with Crippen LogP contribution in [0.5, 0.6) is 5.75 Å². The van der Waals surface area contributed by atoms with Gasteiger partial charge in [0.15, 0.2) is 0 Å². The largest absolute Gasteiger partial charge is 0.482 e. The molecule has 0 aromatic heterocycles. The van der Waals surface area contributed by atoms with Gasteiger partial charge in [-0.1, -0.05) is 6.07 Å². The Balaban J connectivity index is 2.31. The number of rotatable bonds is 4. The Morgan fingerprint density at radius 1 is 0.677 bits per heavy atom. The van der Waals surface area contributed by atoms with Crippen molar-refractivity contribution < 1.29 is 57.8 Å². The van der Waals surface area contributed by atoms with E-state index in [0.29, 0.717) is 18.2 Å². The zero-order valence-corrected chi connectivity index (χ0v) is 14.5. The van der Waals surface area contributed by atoms with Crippen LogP contribution in [0.3, 0.4) is 0 Å². The quantitative estimate of drug-likeness (QED) is 0.532. The number of amides is 1. The molecular formula is C17H8F11NO2. The molecule has 14 heteroatoms. The van der Waals surface area contributed by atoms with Crippen LogP contribution < -0.4 is 10.1 Å². The molecule has 0 heterocycles. The molecule has 1 N–H and O–H groups in total. The van der Waals surface area contributed by atoms with Crippen molar-refractivity contribution in [3.63, 3.8) is 0 Å². The maximum Gasteiger partial charge on any atom is 0.482 e. The van der Waals surface area contributed by atoms with Gasteiger partial charge in [-0.25, -0.2) is 0 Å². The first-order valence-corrected chi connectivity index (χ1v) is 7.74. The molecule has 0 bridgehead atoms. The maximum atomic E-state index is 13.9. The van der Waals surface area contributed by atoms with Gasteiger partial charge in [-0.05, 0) is 36.4 Å². The van der Waals surface area contributed by atoms with Crippen molar-refractivity contribution in [2.24, 2.45) is 0 Å². The zero-order chi connectivity index (χ0) is 23.8. The molecule has 31 heavy (non-hydrogen) atoms. The molecule has 0 fully saturated rings. The summed E-state index contributed by atoms with van der Waals surface area (Å²) in [6.07, 6.45) is -20.5. The number of nitrogens with one attached hydrogen (secondary N) is 1. The van der Waals surface area contributed by atoms with E-state index in [2.05, 4.69) is 4.74 Å². The fourth-order valence-electron chi connectivity index (χ4n) is 2.16. The van der Waals surface area contributed by atoms with Crippen LogP contribution in [-0.2, 0) is 23.3 Å². The lowest BCUT2D eigenvalue weighted by Crippen LogP contribution is -2.40. The van der Waals surface area contributed by atoms with Crippen LogP contribution in [-0.4, -0.2) is 12.0 Å². The van der Waals surface area contributed by atoms with Gasteiger partial charge in [0, 0.05) is 5.69 Å². The molecule has 0 saturated carbocycles. The van der Waals surface area contributed by atoms with E-state index < -0.39 is 58.7 Å². The predicted molar refractivity (Wildman–Crippen MR) is 82.1 cm³/mol. The summed E-state index contributed by atoms with van der Waals surface area (Å²) in [6, 6.07) is 1.56. The lowest BCUT2D eigenvalue weighted by molar-refractivity contribution is -0.187. The van der Waals surface area contributed by atoms with Crippen LogP contribution in [0.25, 0.3) is 0 Å². The minimum absolute atomic E-state index is 0.0342. The van der Waals surface area contributed by atoms with E-state index in [1.807, 2.05) is 0 Å². The number of ether oxygens (including phenoxy) is 1. The summed E-state index contributed by atoms with van der Waals surface area (Å²) in [6.45, 7) is 0. The van der Waals surface area contributed by atoms with Crippen LogP contribution in [0.2, 0.25) is 0 Å². The topological polar surface area (TPSA) is 38.3 Å². The summed E-state index contributed by atoms with van der Waals surface area (Å²) in [7, 11) is 0. The third-order valence-corrected chi connectivity index (χ3v) is 3.52. The van der Waals surface area contributed by atoms with Crippen molar-refractivity contribution in [2.45, 2.75) is 24.6 Å². The van der Waals surface area contributed by atoms with Crippen LogP contribution in [0, 0.1) is 0 Å². The van der Waals surface area contributed by atoms with Gasteiger partial charge in [0.1, 0.15) is 5.75 Å². The minimum Gasteiger partial charge on any atom is -0.425 e. The standard InChI is InChI=1S/C17H8F11NO2/c18-14(19,20)8-2-1-3-12(7-8)31-17(27,28)13(30)29-11-5-9(15(21,22)23)4-10(6-11)16(24,25)26/h1-7H,(H,29,30). The first-order chi connectivity index (χ1) is 13.9. The number of hydrogen-bond donors (Lipinski definition) is 1. The molecule has 2 aromatic carbocycles. The summed E-state index contributed by atoms with van der Waals surface area (Å²) < 4.78 is 146. The van der Waals surface area contributed by atoms with Crippen molar-refractivity contribution >= 4 is 11.6 Å². The van der Waals surface area contributed by atoms with E-state index in [-0.39, 0.29) is 24.3 Å². The summed E-state index contributed by atoms with van der Waals surface area (Å²) >= 11 is 0. The number of anilines is 1. The Hall–Kier alpha value is -3.06. The van der Waals surface area contributed by atoms with Gasteiger partial charge in [-0.2, -0.15) is 48.3 Å². The monoisotopic (exact) mass is 467 g/mol. The average molecular weight is 467 g/mol. The molecule has 2 rings (SSSR count). The third-order valence-electron chi connectivity index (χ3n) is 3.52. The number of hydrogen-bond acceptors (Lipinski definition) is 2. The highest BCUT2D eigenvalue weighted by Crippen LogP contribution is 2.38. The van der Waals surface area contributed by atoms with E-state index >= 15 is 0 Å². The smallest absolute Gasteiger partial charge is 0.425 e. The first kappa shape index (κ1) is 24.2. The molecule has 0 saturated heterocycles. The van der Waals surface area contributed by atoms with Crippen molar-refractivity contribution in [1.29, 1.82) is 0 Å². The number of alkyl halides is 11. The summed E-state index contributed by atoms with van der Waals surface area (Å²) in [5, 5.41) is 1.14. The van der Waals surface area contributed by atoms with E-state index in [1.54, 1.807) is 0 Å². The number of halogens is 11. The van der Waals surface area contributed by atoms with Gasteiger partial charge in [0.05, 0.1) is 16.7 Å². The molecule has 0 spiro atoms. The van der Waals surface area contributed by atoms with E-state index in [4.69, 9.17) is 0 Å². The minimum atomic E-state index is -5.31. The fourth-order valence-corrected chi connectivity index (χ4v) is 2.16. The van der Waals surface area contributed by atoms with Crippen molar-refractivity contribution in [3.8, 4) is 5.75 Å². The number of carbonyl (C=O) groups is 1. The van der Waals surface area contributed by atoms with Crippen molar-refractivity contribution in [2.75, 3.05) is 5.32 Å². The van der Waals surface area contributed by atoms with Gasteiger partial charge < -0.3 is 10.1 Å². The van der Waals surface area contributed by atoms with E-state index in [1.165, 1.54) is 0 Å². The second-order valence-corrected chi connectivity index (χ2v) is 5.89. The van der Waals surface area contributed by atoms with Crippen LogP contribution in [0.1, 0.15) is 16.7 Å². The number of carbonyl (C=O) groups excluding carboxylic acids is 1. The SMILES string of the molecule is O=C(Nc1cc(C(F)(F)F)cc(C(F)(F)F)c1)C(F)(F)Oc1cccc(C(F)(F)F)c1. The Morgan fingerprint density at radius 2 is 1.16 bits per heavy atom. The van der Waals surface area contributed by atoms with E-state index in [9.17, 15) is 53.1 Å². The van der Waals surface area contributed by atoms with Crippen molar-refractivity contribution in [1.82, 2.24) is 0 Å². The van der Waals surface area contributed by atoms with Gasteiger partial charge in [0.25, 0.3) is 0 Å². The van der Waals surface area contributed by atoms with Gasteiger partial charge >= 0.3 is 30.5 Å². The van der Waals surface area contributed by atoms with Crippen LogP contribution in [0.4, 0.5) is 54.0 Å². The molecule has 2 aromatic rings. The predicted octanol–water partition coefficient (Wildman–Crippen LogP) is 6.35. The van der Waals surface area contributed by atoms with E-state index in [0.717, 1.165) is 5.32 Å². The van der Waals surface area contributed by atoms with Gasteiger partial charge in [-0.15, -0.1) is 0 Å². The second kappa shape index (κ2) is 7.89. The second-order valence-electron chi connectivity index (χ2n) is 5.89. The first-order valence-electron chi connectivity index (χ1n) is 7.74. The molecule has 170 valence electrons. The zero-order valence-electron chi connectivity index (χ0n) is 14.5. The van der Waals surface area contributed by atoms with Gasteiger partial charge in [-0.3, -0.25) is 4.79 Å². The Labute approximate surface area is 165 Å². The summed E-state index contributed by atoms with van der Waals surface area (Å²) in [4.78, 5) is 11.7. The Morgan fingerprint density at radius 3 is 1.61 bits per heavy atom. The molecule has 0 atom stereocenters. The molecule has 3 nitrogen and oxygen atoms in total. The highest BCUT2D eigenvalue weighted by Gasteiger charge is 2.44. The molecule has 1 amide bonds. The van der Waals surface area contributed by atoms with Crippen LogP contribution >= 0.6 is 0 Å².